The van der Waals surface area contributed by atoms with Crippen LogP contribution in [-0.2, 0) is 13.0 Å². The van der Waals surface area contributed by atoms with E-state index in [0.29, 0.717) is 0 Å². The predicted molar refractivity (Wildman–Crippen MR) is 73.9 cm³/mol. The third-order valence-corrected chi connectivity index (χ3v) is 4.17. The van der Waals surface area contributed by atoms with Gasteiger partial charge in [0.1, 0.15) is 0 Å². The van der Waals surface area contributed by atoms with E-state index in [9.17, 15) is 0 Å². The van der Waals surface area contributed by atoms with E-state index in [1.807, 2.05) is 6.08 Å². The van der Waals surface area contributed by atoms with Gasteiger partial charge in [-0.2, -0.15) is 0 Å². The molecule has 0 bridgehead atoms. The molecule has 0 amide bonds. The minimum Gasteiger partial charge on any atom is -0.342 e. The van der Waals surface area contributed by atoms with Gasteiger partial charge >= 0.3 is 0 Å². The van der Waals surface area contributed by atoms with E-state index in [4.69, 9.17) is 4.98 Å². The van der Waals surface area contributed by atoms with E-state index in [1.165, 1.54) is 18.8 Å². The summed E-state index contributed by atoms with van der Waals surface area (Å²) < 4.78 is 2.24. The van der Waals surface area contributed by atoms with Gasteiger partial charge in [-0.3, -0.25) is 0 Å². The smallest absolute Gasteiger partial charge is 0.206 e. The lowest BCUT2D eigenvalue weighted by molar-refractivity contribution is 0.533. The molecule has 0 aliphatic carbocycles. The van der Waals surface area contributed by atoms with Crippen LogP contribution in [0.1, 0.15) is 12.6 Å². The zero-order valence-electron chi connectivity index (χ0n) is 11.1. The molecule has 4 heteroatoms. The lowest BCUT2D eigenvalue weighted by atomic mass is 10.0. The Hall–Kier alpha value is -1.29. The molecule has 0 aromatic carbocycles. The van der Waals surface area contributed by atoms with Crippen LogP contribution >= 0.6 is 0 Å². The predicted octanol–water partition coefficient (Wildman–Crippen LogP) is 1.29. The first-order valence-electron chi connectivity index (χ1n) is 6.94. The van der Waals surface area contributed by atoms with Crippen LogP contribution < -0.4 is 10.2 Å². The van der Waals surface area contributed by atoms with Crippen molar-refractivity contribution in [1.29, 1.82) is 0 Å². The summed E-state index contributed by atoms with van der Waals surface area (Å²) >= 11 is 0. The third kappa shape index (κ3) is 1.94. The minimum absolute atomic E-state index is 0.809. The summed E-state index contributed by atoms with van der Waals surface area (Å²) in [4.78, 5) is 7.23. The molecule has 0 spiro atoms. The maximum Gasteiger partial charge on any atom is 0.206 e. The Morgan fingerprint density at radius 3 is 2.78 bits per heavy atom. The van der Waals surface area contributed by atoms with Crippen molar-refractivity contribution in [2.24, 2.45) is 11.8 Å². The number of nitrogens with zero attached hydrogens (tertiary/aromatic N) is 3. The van der Waals surface area contributed by atoms with Crippen molar-refractivity contribution in [3.8, 4) is 0 Å². The molecule has 98 valence electrons. The van der Waals surface area contributed by atoms with Crippen LogP contribution in [0.5, 0.6) is 0 Å². The molecule has 0 radical (unpaired) electrons. The largest absolute Gasteiger partial charge is 0.342 e. The van der Waals surface area contributed by atoms with Gasteiger partial charge in [-0.25, -0.2) is 4.98 Å². The molecule has 3 heterocycles. The molecule has 2 aliphatic heterocycles. The fourth-order valence-electron chi connectivity index (χ4n) is 3.17. The highest BCUT2D eigenvalue weighted by atomic mass is 15.3. The molecule has 1 aromatic rings. The molecule has 0 unspecified atom stereocenters. The second-order valence-corrected chi connectivity index (χ2v) is 5.41. The highest BCUT2D eigenvalue weighted by Gasteiger charge is 2.37. The Morgan fingerprint density at radius 2 is 2.17 bits per heavy atom. The first kappa shape index (κ1) is 11.8. The van der Waals surface area contributed by atoms with E-state index in [0.717, 1.165) is 43.8 Å². The van der Waals surface area contributed by atoms with Crippen LogP contribution in [0.2, 0.25) is 0 Å². The fourth-order valence-corrected chi connectivity index (χ4v) is 3.17. The van der Waals surface area contributed by atoms with E-state index in [1.54, 1.807) is 0 Å². The molecule has 18 heavy (non-hydrogen) atoms. The number of imidazole rings is 1. The van der Waals surface area contributed by atoms with E-state index in [-0.39, 0.29) is 0 Å². The molecule has 0 saturated carbocycles. The summed E-state index contributed by atoms with van der Waals surface area (Å²) in [6.07, 6.45) is 5.12. The Labute approximate surface area is 109 Å². The maximum atomic E-state index is 4.78. The lowest BCUT2D eigenvalue weighted by Gasteiger charge is -2.19. The van der Waals surface area contributed by atoms with Gasteiger partial charge in [0.25, 0.3) is 0 Å². The summed E-state index contributed by atoms with van der Waals surface area (Å²) in [7, 11) is 0. The quantitative estimate of drug-likeness (QED) is 0.813. The van der Waals surface area contributed by atoms with Crippen molar-refractivity contribution >= 4 is 5.95 Å². The standard InChI is InChI=1S/C14H22N4/c1-3-5-17-10-13(4-2)16-14(17)18-8-11-6-15-7-12(11)9-18/h3,10-12,15H,1,4-9H2,2H3/t11-,12+. The molecule has 2 saturated heterocycles. The van der Waals surface area contributed by atoms with Crippen LogP contribution in [0.25, 0.3) is 0 Å². The van der Waals surface area contributed by atoms with Gasteiger partial charge in [-0.1, -0.05) is 13.0 Å². The Balaban J connectivity index is 1.82. The normalized spacial score (nSPS) is 26.6. The first-order chi connectivity index (χ1) is 8.81. The average Bonchev–Trinajstić information content (AvgIpc) is 3.00. The average molecular weight is 246 g/mol. The van der Waals surface area contributed by atoms with Crippen LogP contribution in [0, 0.1) is 11.8 Å². The van der Waals surface area contributed by atoms with Gasteiger partial charge in [0.05, 0.1) is 5.69 Å². The van der Waals surface area contributed by atoms with Crippen molar-refractivity contribution in [2.45, 2.75) is 19.9 Å². The second kappa shape index (κ2) is 4.76. The topological polar surface area (TPSA) is 33.1 Å². The number of rotatable bonds is 4. The summed E-state index contributed by atoms with van der Waals surface area (Å²) in [6, 6.07) is 0. The van der Waals surface area contributed by atoms with Gasteiger partial charge in [0.2, 0.25) is 5.95 Å². The first-order valence-corrected chi connectivity index (χ1v) is 6.94. The zero-order chi connectivity index (χ0) is 12.5. The zero-order valence-corrected chi connectivity index (χ0v) is 11.1. The second-order valence-electron chi connectivity index (χ2n) is 5.41. The number of aryl methyl sites for hydroxylation is 1. The fraction of sp³-hybridized carbons (Fsp3) is 0.643. The Kier molecular flexibility index (Phi) is 3.12. The van der Waals surface area contributed by atoms with Gasteiger partial charge in [-0.05, 0) is 18.3 Å². The summed E-state index contributed by atoms with van der Waals surface area (Å²) in [5, 5.41) is 3.48. The highest BCUT2D eigenvalue weighted by molar-refractivity contribution is 5.36. The van der Waals surface area contributed by atoms with Crippen LogP contribution in [0.3, 0.4) is 0 Å². The Morgan fingerprint density at radius 1 is 1.44 bits per heavy atom. The van der Waals surface area contributed by atoms with Crippen molar-refractivity contribution < 1.29 is 0 Å². The van der Waals surface area contributed by atoms with Gasteiger partial charge in [-0.15, -0.1) is 6.58 Å². The minimum atomic E-state index is 0.809. The Bertz CT molecular complexity index is 425. The van der Waals surface area contributed by atoms with Crippen molar-refractivity contribution in [3.63, 3.8) is 0 Å². The van der Waals surface area contributed by atoms with Crippen LogP contribution in [0.15, 0.2) is 18.9 Å². The lowest BCUT2D eigenvalue weighted by Crippen LogP contribution is -2.27. The summed E-state index contributed by atoms with van der Waals surface area (Å²) in [5.41, 5.74) is 1.18. The SMILES string of the molecule is C=CCn1cc(CC)nc1N1C[C@H]2CNC[C@H]2C1. The highest BCUT2D eigenvalue weighted by Crippen LogP contribution is 2.30. The molecule has 1 aromatic heterocycles. The van der Waals surface area contributed by atoms with E-state index in [2.05, 4.69) is 34.5 Å². The number of hydrogen-bond donors (Lipinski definition) is 1. The van der Waals surface area contributed by atoms with Crippen LogP contribution in [0.4, 0.5) is 5.95 Å². The maximum absolute atomic E-state index is 4.78. The number of nitrogens with one attached hydrogen (secondary N) is 1. The van der Waals surface area contributed by atoms with Gasteiger partial charge in [0.15, 0.2) is 0 Å². The number of aromatic nitrogens is 2. The van der Waals surface area contributed by atoms with Crippen molar-refractivity contribution in [1.82, 2.24) is 14.9 Å². The molecular weight excluding hydrogens is 224 g/mol. The molecule has 3 rings (SSSR count). The van der Waals surface area contributed by atoms with Crippen LogP contribution in [-0.4, -0.2) is 35.7 Å². The van der Waals surface area contributed by atoms with Gasteiger partial charge in [0, 0.05) is 38.9 Å². The molecule has 2 fully saturated rings. The van der Waals surface area contributed by atoms with Crippen molar-refractivity contribution in [3.05, 3.63) is 24.5 Å². The molecule has 2 atom stereocenters. The number of anilines is 1. The van der Waals surface area contributed by atoms with Crippen molar-refractivity contribution in [2.75, 3.05) is 31.1 Å². The third-order valence-electron chi connectivity index (χ3n) is 4.17. The number of hydrogen-bond acceptors (Lipinski definition) is 3. The molecule has 1 N–H and O–H groups in total. The van der Waals surface area contributed by atoms with E-state index < -0.39 is 0 Å². The molecule has 4 nitrogen and oxygen atoms in total. The summed E-state index contributed by atoms with van der Waals surface area (Å²) in [6.45, 7) is 11.5. The molecular formula is C14H22N4. The monoisotopic (exact) mass is 246 g/mol. The number of fused-ring (bicyclic) bond motifs is 1. The molecule has 2 aliphatic rings. The number of allylic oxidation sites excluding steroid dienone is 1. The van der Waals surface area contributed by atoms with Gasteiger partial charge < -0.3 is 14.8 Å². The van der Waals surface area contributed by atoms with E-state index >= 15 is 0 Å². The summed E-state index contributed by atoms with van der Waals surface area (Å²) in [5.74, 6) is 2.76.